The summed E-state index contributed by atoms with van der Waals surface area (Å²) in [7, 11) is -2.91. The summed E-state index contributed by atoms with van der Waals surface area (Å²) in [4.78, 5) is 0. The highest BCUT2D eigenvalue weighted by atomic mass is 32.2. The van der Waals surface area contributed by atoms with E-state index in [0.717, 1.165) is 42.4 Å². The molecule has 9 heteroatoms. The normalized spacial score (nSPS) is 19.1. The van der Waals surface area contributed by atoms with Gasteiger partial charge in [0, 0.05) is 17.5 Å². The first-order valence-electron chi connectivity index (χ1n) is 9.30. The van der Waals surface area contributed by atoms with E-state index in [0.29, 0.717) is 6.42 Å². The molecule has 0 spiro atoms. The topological polar surface area (TPSA) is 98.8 Å². The molecule has 0 amide bonds. The molecule has 8 nitrogen and oxygen atoms in total. The van der Waals surface area contributed by atoms with Crippen LogP contribution in [0.4, 0.5) is 0 Å². The molecule has 3 aromatic rings. The molecule has 0 bridgehead atoms. The molecule has 1 saturated heterocycles. The van der Waals surface area contributed by atoms with E-state index in [4.69, 9.17) is 0 Å². The summed E-state index contributed by atoms with van der Waals surface area (Å²) in [5.41, 5.74) is 4.14. The predicted octanol–water partition coefficient (Wildman–Crippen LogP) is 0.208. The van der Waals surface area contributed by atoms with Crippen molar-refractivity contribution in [1.29, 1.82) is 0 Å². The molecule has 2 N–H and O–H groups in total. The van der Waals surface area contributed by atoms with Gasteiger partial charge < -0.3 is 5.32 Å². The molecule has 4 rings (SSSR count). The van der Waals surface area contributed by atoms with Crippen molar-refractivity contribution in [2.45, 2.75) is 39.3 Å². The van der Waals surface area contributed by atoms with Gasteiger partial charge in [0.15, 0.2) is 15.5 Å². The minimum Gasteiger partial charge on any atom is -0.342 e. The van der Waals surface area contributed by atoms with Gasteiger partial charge in [-0.2, -0.15) is 5.10 Å². The molecule has 0 radical (unpaired) electrons. The van der Waals surface area contributed by atoms with E-state index >= 15 is 0 Å². The molecule has 0 saturated carbocycles. The van der Waals surface area contributed by atoms with Crippen molar-refractivity contribution in [2.75, 3.05) is 18.1 Å². The molecular formula is C18H25N6O2S+. The monoisotopic (exact) mass is 389 g/mol. The molecule has 1 fully saturated rings. The number of hydrogen-bond acceptors (Lipinski definition) is 5. The summed E-state index contributed by atoms with van der Waals surface area (Å²) in [6, 6.07) is 5.86. The van der Waals surface area contributed by atoms with Crippen LogP contribution in [0, 0.1) is 13.8 Å². The van der Waals surface area contributed by atoms with E-state index in [9.17, 15) is 8.42 Å². The highest BCUT2D eigenvalue weighted by Gasteiger charge is 2.31. The standard InChI is InChI=1S/C18H24N6O2S/c1-13-16(14(2)24(22-13)15-7-10-27(25,26)12-15)11-19-8-6-18-21-20-17-5-3-4-9-23(17)18/h3-5,9,15,19H,6-8,10-12H2,1-2H3/p+1/t15-/m0/s1. The Balaban J connectivity index is 1.39. The molecule has 1 atom stereocenters. The highest BCUT2D eigenvalue weighted by Crippen LogP contribution is 2.26. The van der Waals surface area contributed by atoms with Gasteiger partial charge in [-0.3, -0.25) is 9.08 Å². The van der Waals surface area contributed by atoms with Crippen LogP contribution >= 0.6 is 0 Å². The summed E-state index contributed by atoms with van der Waals surface area (Å²) >= 11 is 0. The van der Waals surface area contributed by atoms with Gasteiger partial charge in [-0.15, -0.1) is 10.2 Å². The smallest absolute Gasteiger partial charge is 0.160 e. The Bertz CT molecular complexity index is 1070. The molecule has 144 valence electrons. The highest BCUT2D eigenvalue weighted by molar-refractivity contribution is 7.91. The van der Waals surface area contributed by atoms with Crippen LogP contribution in [-0.4, -0.2) is 50.8 Å². The van der Waals surface area contributed by atoms with Crippen molar-refractivity contribution in [1.82, 2.24) is 24.4 Å². The average Bonchev–Trinajstić information content (AvgIpc) is 3.29. The number of hydrogen-bond donors (Lipinski definition) is 1. The van der Waals surface area contributed by atoms with Crippen LogP contribution in [0.15, 0.2) is 24.4 Å². The zero-order valence-corrected chi connectivity index (χ0v) is 16.5. The second-order valence-corrected chi connectivity index (χ2v) is 9.46. The van der Waals surface area contributed by atoms with E-state index in [1.807, 2.05) is 47.3 Å². The Morgan fingerprint density at radius 1 is 1.26 bits per heavy atom. The number of rotatable bonds is 6. The predicted molar refractivity (Wildman–Crippen MR) is 101 cm³/mol. The first-order chi connectivity index (χ1) is 12.9. The number of sulfone groups is 1. The summed E-state index contributed by atoms with van der Waals surface area (Å²) < 4.78 is 27.5. The fourth-order valence-corrected chi connectivity index (χ4v) is 5.55. The van der Waals surface area contributed by atoms with Gasteiger partial charge in [0.1, 0.15) is 12.4 Å². The fraction of sp³-hybridized carbons (Fsp3) is 0.500. The van der Waals surface area contributed by atoms with Crippen molar-refractivity contribution < 1.29 is 13.7 Å². The maximum absolute atomic E-state index is 11.8. The van der Waals surface area contributed by atoms with Crippen molar-refractivity contribution in [3.8, 4) is 0 Å². The van der Waals surface area contributed by atoms with Crippen molar-refractivity contribution in [3.63, 3.8) is 0 Å². The fourth-order valence-electron chi connectivity index (χ4n) is 3.86. The summed E-state index contributed by atoms with van der Waals surface area (Å²) in [5, 5.41) is 15.3. The molecule has 0 aromatic carbocycles. The first kappa shape index (κ1) is 18.1. The second-order valence-electron chi connectivity index (χ2n) is 7.23. The number of quaternary nitrogens is 1. The van der Waals surface area contributed by atoms with Gasteiger partial charge in [0.25, 0.3) is 0 Å². The van der Waals surface area contributed by atoms with Crippen LogP contribution in [0.2, 0.25) is 0 Å². The van der Waals surface area contributed by atoms with E-state index in [-0.39, 0.29) is 17.5 Å². The largest absolute Gasteiger partial charge is 0.342 e. The summed E-state index contributed by atoms with van der Waals surface area (Å²) in [6.07, 6.45) is 3.48. The first-order valence-corrected chi connectivity index (χ1v) is 11.1. The van der Waals surface area contributed by atoms with Crippen molar-refractivity contribution >= 4 is 15.5 Å². The Labute approximate surface area is 158 Å². The van der Waals surface area contributed by atoms with Crippen LogP contribution in [0.5, 0.6) is 0 Å². The number of nitrogens with zero attached hydrogens (tertiary/aromatic N) is 5. The maximum atomic E-state index is 11.8. The van der Waals surface area contributed by atoms with E-state index < -0.39 is 9.84 Å². The summed E-state index contributed by atoms with van der Waals surface area (Å²) in [5.74, 6) is 1.43. The zero-order chi connectivity index (χ0) is 19.0. The lowest BCUT2D eigenvalue weighted by Gasteiger charge is -2.11. The van der Waals surface area contributed by atoms with Crippen LogP contribution in [0.1, 0.15) is 35.2 Å². The van der Waals surface area contributed by atoms with Gasteiger partial charge in [0.2, 0.25) is 0 Å². The molecule has 1 aliphatic rings. The Morgan fingerprint density at radius 3 is 2.89 bits per heavy atom. The van der Waals surface area contributed by atoms with Crippen molar-refractivity contribution in [3.05, 3.63) is 47.2 Å². The van der Waals surface area contributed by atoms with Gasteiger partial charge in [-0.1, -0.05) is 6.07 Å². The Hall–Kier alpha value is -2.26. The van der Waals surface area contributed by atoms with E-state index in [1.54, 1.807) is 0 Å². The second kappa shape index (κ2) is 7.05. The average molecular weight is 390 g/mol. The van der Waals surface area contributed by atoms with Crippen LogP contribution in [0.25, 0.3) is 5.65 Å². The summed E-state index contributed by atoms with van der Waals surface area (Å²) in [6.45, 7) is 5.77. The number of fused-ring (bicyclic) bond motifs is 1. The molecule has 4 heterocycles. The SMILES string of the molecule is Cc1nn([C@H]2CCS(=O)(=O)C2)c(C)c1C[NH2+]CCc1nnc2ccccn12. The minimum atomic E-state index is -2.91. The zero-order valence-electron chi connectivity index (χ0n) is 15.7. The lowest BCUT2D eigenvalue weighted by Crippen LogP contribution is -2.83. The molecule has 3 aromatic heterocycles. The number of pyridine rings is 1. The number of aryl methyl sites for hydroxylation is 1. The van der Waals surface area contributed by atoms with E-state index in [1.165, 1.54) is 5.56 Å². The third kappa shape index (κ3) is 3.61. The van der Waals surface area contributed by atoms with Gasteiger partial charge in [0.05, 0.1) is 36.2 Å². The Morgan fingerprint density at radius 2 is 2.11 bits per heavy atom. The third-order valence-electron chi connectivity index (χ3n) is 5.33. The van der Waals surface area contributed by atoms with Crippen LogP contribution in [0.3, 0.4) is 0 Å². The lowest BCUT2D eigenvalue weighted by molar-refractivity contribution is -0.670. The van der Waals surface area contributed by atoms with Gasteiger partial charge >= 0.3 is 0 Å². The van der Waals surface area contributed by atoms with Crippen LogP contribution in [-0.2, 0) is 22.8 Å². The van der Waals surface area contributed by atoms with Gasteiger partial charge in [-0.25, -0.2) is 8.42 Å². The maximum Gasteiger partial charge on any atom is 0.160 e. The quantitative estimate of drug-likeness (QED) is 0.608. The molecule has 0 aliphatic carbocycles. The number of nitrogens with two attached hydrogens (primary N) is 1. The third-order valence-corrected chi connectivity index (χ3v) is 7.08. The Kier molecular flexibility index (Phi) is 4.73. The number of aromatic nitrogens is 5. The lowest BCUT2D eigenvalue weighted by atomic mass is 10.2. The van der Waals surface area contributed by atoms with Crippen molar-refractivity contribution in [2.24, 2.45) is 0 Å². The molecule has 1 aliphatic heterocycles. The molecule has 27 heavy (non-hydrogen) atoms. The van der Waals surface area contributed by atoms with Gasteiger partial charge in [-0.05, 0) is 32.4 Å². The molecule has 0 unspecified atom stereocenters. The van der Waals surface area contributed by atoms with E-state index in [2.05, 4.69) is 20.6 Å². The minimum absolute atomic E-state index is 0.0233. The molecular weight excluding hydrogens is 364 g/mol. The van der Waals surface area contributed by atoms with Crippen LogP contribution < -0.4 is 5.32 Å².